The number of halogens is 1. The van der Waals surface area contributed by atoms with E-state index in [0.29, 0.717) is 10.7 Å². The third kappa shape index (κ3) is 4.58. The van der Waals surface area contributed by atoms with E-state index in [1.807, 2.05) is 30.3 Å². The molecule has 1 fully saturated rings. The highest BCUT2D eigenvalue weighted by Gasteiger charge is 2.33. The Balaban J connectivity index is 1.62. The first kappa shape index (κ1) is 17.9. The Bertz CT molecular complexity index is 858. The van der Waals surface area contributed by atoms with E-state index in [1.165, 1.54) is 4.90 Å². The van der Waals surface area contributed by atoms with Crippen LogP contribution in [0.1, 0.15) is 12.0 Å². The third-order valence-electron chi connectivity index (χ3n) is 3.90. The summed E-state index contributed by atoms with van der Waals surface area (Å²) >= 11 is 6.12. The normalized spacial score (nSPS) is 17.9. The van der Waals surface area contributed by atoms with Crippen molar-refractivity contribution < 1.29 is 13.2 Å². The summed E-state index contributed by atoms with van der Waals surface area (Å²) in [5.74, 6) is -0.163. The molecular weight excluding hydrogens is 362 g/mol. The van der Waals surface area contributed by atoms with Crippen LogP contribution in [0.25, 0.3) is 0 Å². The van der Waals surface area contributed by atoms with Crippen LogP contribution in [0.4, 0.5) is 5.69 Å². The van der Waals surface area contributed by atoms with Crippen molar-refractivity contribution in [2.45, 2.75) is 19.0 Å². The van der Waals surface area contributed by atoms with Crippen LogP contribution in [-0.2, 0) is 21.5 Å². The van der Waals surface area contributed by atoms with E-state index >= 15 is 0 Å². The van der Waals surface area contributed by atoms with E-state index in [2.05, 4.69) is 9.44 Å². The third-order valence-corrected chi connectivity index (χ3v) is 5.39. The SMILES string of the molecule is O=C1C[C@H](NS(=O)(=O)NCc2ccccc2)CN1c1ccccc1Cl. The van der Waals surface area contributed by atoms with Crippen molar-refractivity contribution in [1.82, 2.24) is 9.44 Å². The molecule has 8 heteroatoms. The van der Waals surface area contributed by atoms with Gasteiger partial charge in [-0.15, -0.1) is 0 Å². The fourth-order valence-electron chi connectivity index (χ4n) is 2.73. The van der Waals surface area contributed by atoms with Gasteiger partial charge < -0.3 is 4.90 Å². The largest absolute Gasteiger partial charge is 0.309 e. The van der Waals surface area contributed by atoms with E-state index in [4.69, 9.17) is 11.6 Å². The van der Waals surface area contributed by atoms with Crippen molar-refractivity contribution in [3.8, 4) is 0 Å². The fourth-order valence-corrected chi connectivity index (χ4v) is 4.00. The molecule has 1 aliphatic heterocycles. The summed E-state index contributed by atoms with van der Waals surface area (Å²) in [6.45, 7) is 0.430. The van der Waals surface area contributed by atoms with Crippen LogP contribution in [0.5, 0.6) is 0 Å². The molecule has 0 radical (unpaired) electrons. The van der Waals surface area contributed by atoms with Crippen molar-refractivity contribution in [2.75, 3.05) is 11.4 Å². The second kappa shape index (κ2) is 7.53. The van der Waals surface area contributed by atoms with Gasteiger partial charge in [0.05, 0.1) is 10.7 Å². The number of para-hydroxylation sites is 1. The second-order valence-corrected chi connectivity index (χ2v) is 7.72. The lowest BCUT2D eigenvalue weighted by molar-refractivity contribution is -0.117. The Kier molecular flexibility index (Phi) is 5.39. The fraction of sp³-hybridized carbons (Fsp3) is 0.235. The number of nitrogens with one attached hydrogen (secondary N) is 2. The maximum absolute atomic E-state index is 12.2. The molecule has 1 amide bonds. The number of rotatable bonds is 6. The van der Waals surface area contributed by atoms with Gasteiger partial charge in [-0.05, 0) is 17.7 Å². The first-order chi connectivity index (χ1) is 11.9. The lowest BCUT2D eigenvalue weighted by Gasteiger charge is -2.18. The molecule has 25 heavy (non-hydrogen) atoms. The van der Waals surface area contributed by atoms with Crippen molar-refractivity contribution in [3.05, 3.63) is 65.2 Å². The van der Waals surface area contributed by atoms with Gasteiger partial charge in [0, 0.05) is 25.6 Å². The Hall–Kier alpha value is -1.93. The maximum atomic E-state index is 12.2. The molecule has 0 bridgehead atoms. The second-order valence-electron chi connectivity index (χ2n) is 5.78. The summed E-state index contributed by atoms with van der Waals surface area (Å²) in [6, 6.07) is 15.7. The molecule has 132 valence electrons. The molecule has 2 aromatic carbocycles. The van der Waals surface area contributed by atoms with Gasteiger partial charge in [0.2, 0.25) is 5.91 Å². The zero-order valence-electron chi connectivity index (χ0n) is 13.4. The highest BCUT2D eigenvalue weighted by molar-refractivity contribution is 7.87. The number of anilines is 1. The first-order valence-corrected chi connectivity index (χ1v) is 9.66. The minimum Gasteiger partial charge on any atom is -0.309 e. The van der Waals surface area contributed by atoms with E-state index in [9.17, 15) is 13.2 Å². The zero-order valence-corrected chi connectivity index (χ0v) is 14.9. The summed E-state index contributed by atoms with van der Waals surface area (Å²) < 4.78 is 29.4. The molecule has 1 saturated heterocycles. The average Bonchev–Trinajstić information content (AvgIpc) is 2.94. The van der Waals surface area contributed by atoms with Crippen LogP contribution in [0.3, 0.4) is 0 Å². The molecule has 1 aliphatic rings. The van der Waals surface area contributed by atoms with Crippen LogP contribution >= 0.6 is 11.6 Å². The zero-order chi connectivity index (χ0) is 17.9. The van der Waals surface area contributed by atoms with Crippen LogP contribution in [0.2, 0.25) is 5.02 Å². The van der Waals surface area contributed by atoms with Crippen molar-refractivity contribution in [1.29, 1.82) is 0 Å². The van der Waals surface area contributed by atoms with Gasteiger partial charge in [-0.2, -0.15) is 17.9 Å². The molecular formula is C17H18ClN3O3S. The molecule has 1 atom stereocenters. The van der Waals surface area contributed by atoms with E-state index < -0.39 is 16.3 Å². The topological polar surface area (TPSA) is 78.5 Å². The quantitative estimate of drug-likeness (QED) is 0.806. The van der Waals surface area contributed by atoms with Crippen molar-refractivity contribution in [3.63, 3.8) is 0 Å². The summed E-state index contributed by atoms with van der Waals surface area (Å²) in [4.78, 5) is 13.7. The van der Waals surface area contributed by atoms with Gasteiger partial charge in [-0.25, -0.2) is 0 Å². The molecule has 0 unspecified atom stereocenters. The van der Waals surface area contributed by atoms with Crippen molar-refractivity contribution >= 4 is 33.4 Å². The molecule has 0 saturated carbocycles. The van der Waals surface area contributed by atoms with Gasteiger partial charge in [-0.1, -0.05) is 54.1 Å². The van der Waals surface area contributed by atoms with Crippen LogP contribution < -0.4 is 14.3 Å². The Labute approximate surface area is 152 Å². The monoisotopic (exact) mass is 379 g/mol. The summed E-state index contributed by atoms with van der Waals surface area (Å²) in [5.41, 5.74) is 1.45. The molecule has 0 aromatic heterocycles. The molecule has 0 aliphatic carbocycles. The number of benzene rings is 2. The molecule has 0 spiro atoms. The summed E-state index contributed by atoms with van der Waals surface area (Å²) in [6.07, 6.45) is 0.0947. The number of carbonyl (C=O) groups is 1. The predicted molar refractivity (Wildman–Crippen MR) is 97.5 cm³/mol. The van der Waals surface area contributed by atoms with Crippen LogP contribution in [0.15, 0.2) is 54.6 Å². The summed E-state index contributed by atoms with van der Waals surface area (Å²) in [5, 5.41) is 0.460. The van der Waals surface area contributed by atoms with Gasteiger partial charge >= 0.3 is 0 Å². The van der Waals surface area contributed by atoms with Gasteiger partial charge in [-0.3, -0.25) is 4.79 Å². The van der Waals surface area contributed by atoms with Gasteiger partial charge in [0.1, 0.15) is 0 Å². The average molecular weight is 380 g/mol. The van der Waals surface area contributed by atoms with Gasteiger partial charge in [0.25, 0.3) is 10.2 Å². The first-order valence-electron chi connectivity index (χ1n) is 7.80. The predicted octanol–water partition coefficient (Wildman–Crippen LogP) is 2.07. The standard InChI is InChI=1S/C17H18ClN3O3S/c18-15-8-4-5-9-16(15)21-12-14(10-17(21)22)20-25(23,24)19-11-13-6-2-1-3-7-13/h1-9,14,19-20H,10-12H2/t14-/m0/s1. The number of hydrogen-bond acceptors (Lipinski definition) is 3. The number of hydrogen-bond donors (Lipinski definition) is 2. The Morgan fingerprint density at radius 1 is 1.08 bits per heavy atom. The molecule has 2 N–H and O–H groups in total. The molecule has 6 nitrogen and oxygen atoms in total. The van der Waals surface area contributed by atoms with Crippen LogP contribution in [-0.4, -0.2) is 26.9 Å². The molecule has 1 heterocycles. The van der Waals surface area contributed by atoms with E-state index in [0.717, 1.165) is 5.56 Å². The minimum atomic E-state index is -3.71. The van der Waals surface area contributed by atoms with Crippen LogP contribution in [0, 0.1) is 0 Å². The van der Waals surface area contributed by atoms with E-state index in [-0.39, 0.29) is 25.4 Å². The number of nitrogens with zero attached hydrogens (tertiary/aromatic N) is 1. The molecule has 3 rings (SSSR count). The highest BCUT2D eigenvalue weighted by atomic mass is 35.5. The van der Waals surface area contributed by atoms with Gasteiger partial charge in [0.15, 0.2) is 0 Å². The van der Waals surface area contributed by atoms with E-state index in [1.54, 1.807) is 24.3 Å². The number of amides is 1. The lowest BCUT2D eigenvalue weighted by Crippen LogP contribution is -2.43. The molecule has 2 aromatic rings. The minimum absolute atomic E-state index is 0.0947. The number of carbonyl (C=O) groups excluding carboxylic acids is 1. The smallest absolute Gasteiger partial charge is 0.277 e. The maximum Gasteiger partial charge on any atom is 0.277 e. The summed E-state index contributed by atoms with van der Waals surface area (Å²) in [7, 11) is -3.71. The Morgan fingerprint density at radius 3 is 2.48 bits per heavy atom. The van der Waals surface area contributed by atoms with Crippen molar-refractivity contribution in [2.24, 2.45) is 0 Å². The Morgan fingerprint density at radius 2 is 1.76 bits per heavy atom. The lowest BCUT2D eigenvalue weighted by atomic mass is 10.2. The highest BCUT2D eigenvalue weighted by Crippen LogP contribution is 2.29.